The van der Waals surface area contributed by atoms with Crippen LogP contribution in [0.5, 0.6) is 0 Å². The zero-order chi connectivity index (χ0) is 13.3. The Labute approximate surface area is 101 Å². The molecule has 6 heteroatoms. The summed E-state index contributed by atoms with van der Waals surface area (Å²) in [6, 6.07) is -0.0633. The molecule has 0 aliphatic carbocycles. The summed E-state index contributed by atoms with van der Waals surface area (Å²) >= 11 is 0. The molecule has 0 aromatic heterocycles. The number of methoxy groups -OCH3 is 1. The summed E-state index contributed by atoms with van der Waals surface area (Å²) in [5.74, 6) is -1.09. The SMILES string of the molecule is CN[C@@H](CCC(=O)C(=O)NCOC)CC(C)=O. The molecule has 1 atom stereocenters. The van der Waals surface area contributed by atoms with Crippen molar-refractivity contribution in [3.05, 3.63) is 0 Å². The molecule has 0 aliphatic heterocycles. The van der Waals surface area contributed by atoms with Crippen LogP contribution in [-0.4, -0.2) is 44.4 Å². The Morgan fingerprint density at radius 1 is 1.29 bits per heavy atom. The standard InChI is InChI=1S/C11H20N2O4/c1-8(14)6-9(12-2)4-5-10(15)11(16)13-7-17-3/h9,12H,4-7H2,1-3H3,(H,13,16)/t9-/m0/s1. The van der Waals surface area contributed by atoms with Gasteiger partial charge in [0.05, 0.1) is 0 Å². The lowest BCUT2D eigenvalue weighted by atomic mass is 10.0. The van der Waals surface area contributed by atoms with E-state index in [2.05, 4.69) is 15.4 Å². The Bertz CT molecular complexity index is 279. The maximum Gasteiger partial charge on any atom is 0.289 e. The van der Waals surface area contributed by atoms with Crippen LogP contribution in [0.1, 0.15) is 26.2 Å². The summed E-state index contributed by atoms with van der Waals surface area (Å²) in [6.45, 7) is 1.52. The van der Waals surface area contributed by atoms with Crippen molar-refractivity contribution in [1.82, 2.24) is 10.6 Å². The van der Waals surface area contributed by atoms with E-state index in [1.54, 1.807) is 7.05 Å². The van der Waals surface area contributed by atoms with Crippen LogP contribution in [0.15, 0.2) is 0 Å². The summed E-state index contributed by atoms with van der Waals surface area (Å²) in [5, 5.41) is 5.26. The van der Waals surface area contributed by atoms with Crippen molar-refractivity contribution in [2.24, 2.45) is 0 Å². The highest BCUT2D eigenvalue weighted by Crippen LogP contribution is 2.03. The van der Waals surface area contributed by atoms with Gasteiger partial charge in [0.15, 0.2) is 0 Å². The molecular formula is C11H20N2O4. The molecule has 0 unspecified atom stereocenters. The number of Topliss-reactive ketones (excluding diaryl/α,β-unsaturated/α-hetero) is 2. The third kappa shape index (κ3) is 7.59. The third-order valence-electron chi connectivity index (χ3n) is 2.29. The number of carbonyl (C=O) groups is 3. The molecule has 0 spiro atoms. The van der Waals surface area contributed by atoms with E-state index in [1.165, 1.54) is 14.0 Å². The van der Waals surface area contributed by atoms with Crippen molar-refractivity contribution in [2.75, 3.05) is 20.9 Å². The Hall–Kier alpha value is -1.27. The predicted molar refractivity (Wildman–Crippen MR) is 62.4 cm³/mol. The molecule has 0 radical (unpaired) electrons. The second-order valence-corrected chi connectivity index (χ2v) is 3.79. The highest BCUT2D eigenvalue weighted by Gasteiger charge is 2.16. The number of hydrogen-bond acceptors (Lipinski definition) is 5. The van der Waals surface area contributed by atoms with E-state index in [1.807, 2.05) is 0 Å². The normalized spacial score (nSPS) is 11.9. The van der Waals surface area contributed by atoms with Gasteiger partial charge in [-0.05, 0) is 20.4 Å². The van der Waals surface area contributed by atoms with Crippen molar-refractivity contribution < 1.29 is 19.1 Å². The van der Waals surface area contributed by atoms with E-state index in [-0.39, 0.29) is 25.0 Å². The molecule has 0 heterocycles. The van der Waals surface area contributed by atoms with Gasteiger partial charge in [-0.3, -0.25) is 14.4 Å². The van der Waals surface area contributed by atoms with Gasteiger partial charge in [0.1, 0.15) is 12.5 Å². The summed E-state index contributed by atoms with van der Waals surface area (Å²) in [7, 11) is 3.15. The van der Waals surface area contributed by atoms with Gasteiger partial charge < -0.3 is 15.4 Å². The van der Waals surface area contributed by atoms with Crippen LogP contribution in [0.2, 0.25) is 0 Å². The molecule has 0 fully saturated rings. The number of ketones is 2. The molecule has 0 saturated heterocycles. The van der Waals surface area contributed by atoms with E-state index in [0.29, 0.717) is 12.8 Å². The van der Waals surface area contributed by atoms with Gasteiger partial charge >= 0.3 is 0 Å². The van der Waals surface area contributed by atoms with Crippen LogP contribution >= 0.6 is 0 Å². The summed E-state index contributed by atoms with van der Waals surface area (Å²) in [5.41, 5.74) is 0. The van der Waals surface area contributed by atoms with E-state index in [4.69, 9.17) is 0 Å². The van der Waals surface area contributed by atoms with Gasteiger partial charge in [0.25, 0.3) is 5.91 Å². The summed E-state index contributed by atoms with van der Waals surface area (Å²) in [6.07, 6.45) is 0.952. The molecule has 17 heavy (non-hydrogen) atoms. The number of carbonyl (C=O) groups excluding carboxylic acids is 3. The van der Waals surface area contributed by atoms with Gasteiger partial charge in [0, 0.05) is 26.0 Å². The maximum atomic E-state index is 11.4. The molecular weight excluding hydrogens is 224 g/mol. The van der Waals surface area contributed by atoms with Crippen molar-refractivity contribution in [3.8, 4) is 0 Å². The number of nitrogens with one attached hydrogen (secondary N) is 2. The molecule has 2 N–H and O–H groups in total. The zero-order valence-electron chi connectivity index (χ0n) is 10.5. The Balaban J connectivity index is 3.95. The Morgan fingerprint density at radius 2 is 1.94 bits per heavy atom. The van der Waals surface area contributed by atoms with E-state index < -0.39 is 11.7 Å². The average molecular weight is 244 g/mol. The van der Waals surface area contributed by atoms with Crippen LogP contribution in [0, 0.1) is 0 Å². The molecule has 0 bridgehead atoms. The largest absolute Gasteiger partial charge is 0.364 e. The lowest BCUT2D eigenvalue weighted by molar-refractivity contribution is -0.138. The summed E-state index contributed by atoms with van der Waals surface area (Å²) in [4.78, 5) is 33.5. The van der Waals surface area contributed by atoms with Gasteiger partial charge in [-0.15, -0.1) is 0 Å². The second-order valence-electron chi connectivity index (χ2n) is 3.79. The van der Waals surface area contributed by atoms with E-state index in [9.17, 15) is 14.4 Å². The van der Waals surface area contributed by atoms with Crippen LogP contribution in [0.3, 0.4) is 0 Å². The monoisotopic (exact) mass is 244 g/mol. The fourth-order valence-electron chi connectivity index (χ4n) is 1.35. The number of amides is 1. The van der Waals surface area contributed by atoms with Crippen LogP contribution in [0.4, 0.5) is 0 Å². The first-order chi connectivity index (χ1) is 8.01. The minimum Gasteiger partial charge on any atom is -0.364 e. The van der Waals surface area contributed by atoms with Crippen LogP contribution in [0.25, 0.3) is 0 Å². The zero-order valence-corrected chi connectivity index (χ0v) is 10.5. The average Bonchev–Trinajstić information content (AvgIpc) is 2.30. The number of ether oxygens (including phenoxy) is 1. The highest BCUT2D eigenvalue weighted by molar-refractivity contribution is 6.36. The fraction of sp³-hybridized carbons (Fsp3) is 0.727. The van der Waals surface area contributed by atoms with Crippen molar-refractivity contribution in [1.29, 1.82) is 0 Å². The first-order valence-corrected chi connectivity index (χ1v) is 5.48. The molecule has 0 aromatic carbocycles. The van der Waals surface area contributed by atoms with Crippen molar-refractivity contribution in [2.45, 2.75) is 32.2 Å². The smallest absolute Gasteiger partial charge is 0.289 e. The van der Waals surface area contributed by atoms with E-state index in [0.717, 1.165) is 0 Å². The Kier molecular flexibility index (Phi) is 8.17. The number of hydrogen-bond donors (Lipinski definition) is 2. The third-order valence-corrected chi connectivity index (χ3v) is 2.29. The molecule has 0 aliphatic rings. The molecule has 6 nitrogen and oxygen atoms in total. The van der Waals surface area contributed by atoms with Gasteiger partial charge in [-0.25, -0.2) is 0 Å². The molecule has 98 valence electrons. The molecule has 0 rings (SSSR count). The predicted octanol–water partition coefficient (Wildman–Crippen LogP) is -0.377. The minimum atomic E-state index is -0.649. The fourth-order valence-corrected chi connectivity index (χ4v) is 1.35. The lowest BCUT2D eigenvalue weighted by Crippen LogP contribution is -2.34. The quantitative estimate of drug-likeness (QED) is 0.427. The van der Waals surface area contributed by atoms with Gasteiger partial charge in [0.2, 0.25) is 5.78 Å². The summed E-state index contributed by atoms with van der Waals surface area (Å²) < 4.78 is 4.62. The molecule has 0 aromatic rings. The van der Waals surface area contributed by atoms with Gasteiger partial charge in [-0.1, -0.05) is 0 Å². The number of rotatable bonds is 9. The van der Waals surface area contributed by atoms with Gasteiger partial charge in [-0.2, -0.15) is 0 Å². The highest BCUT2D eigenvalue weighted by atomic mass is 16.5. The van der Waals surface area contributed by atoms with Crippen LogP contribution in [-0.2, 0) is 19.1 Å². The molecule has 0 saturated carbocycles. The first-order valence-electron chi connectivity index (χ1n) is 5.48. The topological polar surface area (TPSA) is 84.5 Å². The second kappa shape index (κ2) is 8.83. The maximum absolute atomic E-state index is 11.4. The molecule has 1 amide bonds. The minimum absolute atomic E-state index is 0.0213. The lowest BCUT2D eigenvalue weighted by Gasteiger charge is -2.13. The Morgan fingerprint density at radius 3 is 2.41 bits per heavy atom. The van der Waals surface area contributed by atoms with Crippen LogP contribution < -0.4 is 10.6 Å². The van der Waals surface area contributed by atoms with E-state index >= 15 is 0 Å². The van der Waals surface area contributed by atoms with Crippen molar-refractivity contribution in [3.63, 3.8) is 0 Å². The first kappa shape index (κ1) is 15.7. The van der Waals surface area contributed by atoms with Crippen molar-refractivity contribution >= 4 is 17.5 Å².